The van der Waals surface area contributed by atoms with Gasteiger partial charge >= 0.3 is 0 Å². The van der Waals surface area contributed by atoms with Crippen LogP contribution in [0, 0.1) is 10.1 Å². The Morgan fingerprint density at radius 2 is 1.74 bits per heavy atom. The first-order chi connectivity index (χ1) is 16.4. The van der Waals surface area contributed by atoms with Gasteiger partial charge in [0.15, 0.2) is 0 Å². The van der Waals surface area contributed by atoms with Crippen LogP contribution in [-0.2, 0) is 21.3 Å². The number of non-ortho nitro benzene ring substituents is 1. The lowest BCUT2D eigenvalue weighted by Crippen LogP contribution is -2.41. The highest BCUT2D eigenvalue weighted by atomic mass is 32.2. The van der Waals surface area contributed by atoms with E-state index in [0.717, 1.165) is 31.8 Å². The molecule has 11 heteroatoms. The minimum absolute atomic E-state index is 0.00722. The van der Waals surface area contributed by atoms with Gasteiger partial charge in [-0.3, -0.25) is 15.0 Å². The summed E-state index contributed by atoms with van der Waals surface area (Å²) in [5.41, 5.74) is 1.47. The Labute approximate surface area is 199 Å². The van der Waals surface area contributed by atoms with Crippen LogP contribution in [0.3, 0.4) is 0 Å². The summed E-state index contributed by atoms with van der Waals surface area (Å²) in [7, 11) is -2.25. The van der Waals surface area contributed by atoms with E-state index in [2.05, 4.69) is 4.90 Å². The van der Waals surface area contributed by atoms with Crippen LogP contribution in [0.5, 0.6) is 5.75 Å². The molecule has 0 saturated carbocycles. The zero-order valence-electron chi connectivity index (χ0n) is 19.3. The smallest absolute Gasteiger partial charge is 0.270 e. The van der Waals surface area contributed by atoms with E-state index in [1.807, 2.05) is 29.2 Å². The fourth-order valence-corrected chi connectivity index (χ4v) is 6.01. The van der Waals surface area contributed by atoms with Gasteiger partial charge in [-0.05, 0) is 30.2 Å². The molecule has 0 unspecified atom stereocenters. The number of hydrogen-bond donors (Lipinski definition) is 0. The fraction of sp³-hybridized carbons (Fsp3) is 0.478. The Hall–Kier alpha value is -2.73. The molecule has 2 aliphatic rings. The summed E-state index contributed by atoms with van der Waals surface area (Å²) in [5, 5.41) is 11.4. The monoisotopic (exact) mass is 490 g/mol. The second-order valence-corrected chi connectivity index (χ2v) is 10.3. The zero-order chi connectivity index (χ0) is 24.1. The molecule has 2 aromatic rings. The molecule has 0 amide bonds. The number of anilines is 1. The average molecular weight is 491 g/mol. The molecule has 2 saturated heterocycles. The fourth-order valence-electron chi connectivity index (χ4n) is 4.37. The molecule has 0 aromatic heterocycles. The maximum absolute atomic E-state index is 13.5. The molecular formula is C23H30N4O6S. The van der Waals surface area contributed by atoms with Crippen molar-refractivity contribution in [2.24, 2.45) is 0 Å². The van der Waals surface area contributed by atoms with Crippen LogP contribution >= 0.6 is 0 Å². The number of ether oxygens (including phenoxy) is 2. The van der Waals surface area contributed by atoms with Gasteiger partial charge < -0.3 is 14.4 Å². The van der Waals surface area contributed by atoms with Gasteiger partial charge in [0.05, 0.1) is 30.9 Å². The molecule has 0 atom stereocenters. The molecule has 0 aliphatic carbocycles. The Morgan fingerprint density at radius 3 is 2.41 bits per heavy atom. The van der Waals surface area contributed by atoms with Gasteiger partial charge in [0, 0.05) is 57.9 Å². The number of nitro groups is 1. The first-order valence-electron chi connectivity index (χ1n) is 11.3. The number of benzene rings is 2. The lowest BCUT2D eigenvalue weighted by atomic mass is 10.2. The molecule has 0 N–H and O–H groups in total. The van der Waals surface area contributed by atoms with Crippen molar-refractivity contribution in [1.82, 2.24) is 9.21 Å². The number of rotatable bonds is 7. The highest BCUT2D eigenvalue weighted by molar-refractivity contribution is 7.89. The second-order valence-electron chi connectivity index (χ2n) is 8.39. The largest absolute Gasteiger partial charge is 0.497 e. The Balaban J connectivity index is 1.55. The van der Waals surface area contributed by atoms with E-state index < -0.39 is 14.9 Å². The summed E-state index contributed by atoms with van der Waals surface area (Å²) in [4.78, 5) is 15.2. The van der Waals surface area contributed by atoms with Crippen LogP contribution in [-0.4, -0.2) is 82.1 Å². The zero-order valence-corrected chi connectivity index (χ0v) is 20.1. The van der Waals surface area contributed by atoms with E-state index >= 15 is 0 Å². The van der Waals surface area contributed by atoms with E-state index in [1.165, 1.54) is 22.0 Å². The molecule has 184 valence electrons. The summed E-state index contributed by atoms with van der Waals surface area (Å²) in [6, 6.07) is 12.1. The summed E-state index contributed by atoms with van der Waals surface area (Å²) in [5.74, 6) is 0.818. The maximum Gasteiger partial charge on any atom is 0.270 e. The van der Waals surface area contributed by atoms with E-state index in [0.29, 0.717) is 32.0 Å². The molecule has 34 heavy (non-hydrogen) atoms. The molecule has 2 heterocycles. The van der Waals surface area contributed by atoms with Gasteiger partial charge in [0.2, 0.25) is 10.0 Å². The number of nitro benzene ring substituents is 1. The van der Waals surface area contributed by atoms with E-state index in [1.54, 1.807) is 13.2 Å². The minimum atomic E-state index is -3.90. The van der Waals surface area contributed by atoms with Crippen molar-refractivity contribution in [2.45, 2.75) is 17.9 Å². The molecule has 0 spiro atoms. The first-order valence-corrected chi connectivity index (χ1v) is 12.8. The Bertz CT molecular complexity index is 1100. The molecular weight excluding hydrogens is 460 g/mol. The molecule has 10 nitrogen and oxygen atoms in total. The molecule has 2 aromatic carbocycles. The second kappa shape index (κ2) is 10.7. The van der Waals surface area contributed by atoms with Crippen LogP contribution < -0.4 is 9.64 Å². The third kappa shape index (κ3) is 5.49. The number of methoxy groups -OCH3 is 1. The van der Waals surface area contributed by atoms with E-state index in [-0.39, 0.29) is 23.7 Å². The highest BCUT2D eigenvalue weighted by Gasteiger charge is 2.32. The molecule has 0 radical (unpaired) electrons. The van der Waals surface area contributed by atoms with Crippen molar-refractivity contribution in [3.05, 3.63) is 58.1 Å². The van der Waals surface area contributed by atoms with Gasteiger partial charge in [0.25, 0.3) is 5.69 Å². The van der Waals surface area contributed by atoms with Crippen LogP contribution in [0.1, 0.15) is 12.0 Å². The summed E-state index contributed by atoms with van der Waals surface area (Å²) in [6.07, 6.45) is 0.851. The standard InChI is InChI=1S/C23H30N4O6S/c1-32-21-6-3-19(4-7-21)18-24-9-2-10-25(12-11-24)22-8-5-20(27(28)29)17-23(22)34(30,31)26-13-15-33-16-14-26/h3-8,17H,2,9-16,18H2,1H3. The number of nitrogens with zero attached hydrogens (tertiary/aromatic N) is 4. The molecule has 4 rings (SSSR count). The van der Waals surface area contributed by atoms with Crippen molar-refractivity contribution in [3.63, 3.8) is 0 Å². The topological polar surface area (TPSA) is 105 Å². The van der Waals surface area contributed by atoms with Crippen molar-refractivity contribution < 1.29 is 22.8 Å². The highest BCUT2D eigenvalue weighted by Crippen LogP contribution is 2.33. The third-order valence-corrected chi connectivity index (χ3v) is 8.16. The number of sulfonamides is 1. The Kier molecular flexibility index (Phi) is 7.67. The summed E-state index contributed by atoms with van der Waals surface area (Å²) in [6.45, 7) is 4.81. The van der Waals surface area contributed by atoms with Gasteiger partial charge in [-0.1, -0.05) is 12.1 Å². The van der Waals surface area contributed by atoms with Gasteiger partial charge in [-0.2, -0.15) is 4.31 Å². The molecule has 2 fully saturated rings. The third-order valence-electron chi connectivity index (χ3n) is 6.24. The molecule has 0 bridgehead atoms. The number of morpholine rings is 1. The Morgan fingerprint density at radius 1 is 1.00 bits per heavy atom. The summed E-state index contributed by atoms with van der Waals surface area (Å²) >= 11 is 0. The SMILES string of the molecule is COc1ccc(CN2CCCN(c3ccc([N+](=O)[O-])cc3S(=O)(=O)N3CCOCC3)CC2)cc1. The van der Waals surface area contributed by atoms with Crippen LogP contribution in [0.4, 0.5) is 11.4 Å². The number of hydrogen-bond acceptors (Lipinski definition) is 8. The van der Waals surface area contributed by atoms with E-state index in [4.69, 9.17) is 9.47 Å². The minimum Gasteiger partial charge on any atom is -0.497 e. The van der Waals surface area contributed by atoms with Gasteiger partial charge in [-0.15, -0.1) is 0 Å². The first kappa shape index (κ1) is 24.4. The quantitative estimate of drug-likeness (QED) is 0.430. The van der Waals surface area contributed by atoms with Crippen molar-refractivity contribution in [1.29, 1.82) is 0 Å². The lowest BCUT2D eigenvalue weighted by Gasteiger charge is -2.30. The predicted octanol–water partition coefficient (Wildman–Crippen LogP) is 2.34. The van der Waals surface area contributed by atoms with E-state index in [9.17, 15) is 18.5 Å². The lowest BCUT2D eigenvalue weighted by molar-refractivity contribution is -0.385. The predicted molar refractivity (Wildman–Crippen MR) is 128 cm³/mol. The van der Waals surface area contributed by atoms with Gasteiger partial charge in [0.1, 0.15) is 10.6 Å². The average Bonchev–Trinajstić information content (AvgIpc) is 3.10. The van der Waals surface area contributed by atoms with Crippen molar-refractivity contribution in [3.8, 4) is 5.75 Å². The van der Waals surface area contributed by atoms with Crippen molar-refractivity contribution in [2.75, 3.05) is 64.5 Å². The molecule has 2 aliphatic heterocycles. The van der Waals surface area contributed by atoms with Crippen molar-refractivity contribution >= 4 is 21.4 Å². The summed E-state index contributed by atoms with van der Waals surface area (Å²) < 4.78 is 38.8. The van der Waals surface area contributed by atoms with Gasteiger partial charge in [-0.25, -0.2) is 8.42 Å². The van der Waals surface area contributed by atoms with Crippen LogP contribution in [0.15, 0.2) is 47.4 Å². The normalized spacial score (nSPS) is 18.4. The maximum atomic E-state index is 13.5. The van der Waals surface area contributed by atoms with Crippen LogP contribution in [0.25, 0.3) is 0 Å². The van der Waals surface area contributed by atoms with Crippen LogP contribution in [0.2, 0.25) is 0 Å².